The smallest absolute Gasteiger partial charge is 0.328 e. The maximum atomic E-state index is 12.9. The van der Waals surface area contributed by atoms with E-state index in [2.05, 4.69) is 4.74 Å². The zero-order valence-electron chi connectivity index (χ0n) is 13.6. The SMILES string of the molecule is COC(=O)CCC(C(=O)OC)N1C(=O)c2ccc(O)cc2C12CC2. The number of phenolic OH excluding ortho intramolecular Hbond substituents is 1. The summed E-state index contributed by atoms with van der Waals surface area (Å²) in [7, 11) is 2.53. The first-order valence-electron chi connectivity index (χ1n) is 7.76. The highest BCUT2D eigenvalue weighted by Crippen LogP contribution is 2.58. The Hall–Kier alpha value is -2.57. The van der Waals surface area contributed by atoms with Gasteiger partial charge in [-0.25, -0.2) is 4.79 Å². The lowest BCUT2D eigenvalue weighted by molar-refractivity contribution is -0.148. The molecular formula is C17H19NO6. The standard InChI is InChI=1S/C17H19NO6/c1-23-14(20)6-5-13(16(22)24-2)18-15(21)11-4-3-10(19)9-12(11)17(18)7-8-17/h3-4,9,13,19H,5-8H2,1-2H3. The Kier molecular flexibility index (Phi) is 3.95. The van der Waals surface area contributed by atoms with Gasteiger partial charge in [0.15, 0.2) is 0 Å². The Morgan fingerprint density at radius 2 is 2.00 bits per heavy atom. The molecule has 7 heteroatoms. The van der Waals surface area contributed by atoms with E-state index in [4.69, 9.17) is 4.74 Å². The van der Waals surface area contributed by atoms with E-state index in [0.717, 1.165) is 5.56 Å². The second kappa shape index (κ2) is 5.81. The summed E-state index contributed by atoms with van der Waals surface area (Å²) in [4.78, 5) is 38.1. The minimum Gasteiger partial charge on any atom is -0.508 e. The van der Waals surface area contributed by atoms with Gasteiger partial charge >= 0.3 is 11.9 Å². The van der Waals surface area contributed by atoms with Gasteiger partial charge in [-0.2, -0.15) is 0 Å². The van der Waals surface area contributed by atoms with E-state index < -0.39 is 23.5 Å². The molecule has 24 heavy (non-hydrogen) atoms. The van der Waals surface area contributed by atoms with Gasteiger partial charge in [-0.15, -0.1) is 0 Å². The molecule has 1 aromatic carbocycles. The highest BCUT2D eigenvalue weighted by molar-refractivity contribution is 6.03. The predicted molar refractivity (Wildman–Crippen MR) is 82.2 cm³/mol. The zero-order valence-corrected chi connectivity index (χ0v) is 13.6. The van der Waals surface area contributed by atoms with Crippen molar-refractivity contribution in [2.45, 2.75) is 37.3 Å². The van der Waals surface area contributed by atoms with Crippen molar-refractivity contribution in [2.24, 2.45) is 0 Å². The third-order valence-electron chi connectivity index (χ3n) is 4.77. The van der Waals surface area contributed by atoms with Gasteiger partial charge in [-0.3, -0.25) is 9.59 Å². The van der Waals surface area contributed by atoms with E-state index in [0.29, 0.717) is 18.4 Å². The molecule has 128 valence electrons. The number of rotatable bonds is 5. The molecule has 3 rings (SSSR count). The summed E-state index contributed by atoms with van der Waals surface area (Å²) in [6.07, 6.45) is 1.56. The van der Waals surface area contributed by atoms with Crippen molar-refractivity contribution < 1.29 is 29.0 Å². The van der Waals surface area contributed by atoms with Crippen LogP contribution in [0.2, 0.25) is 0 Å². The molecule has 1 unspecified atom stereocenters. The van der Waals surface area contributed by atoms with Gasteiger partial charge < -0.3 is 19.5 Å². The summed E-state index contributed by atoms with van der Waals surface area (Å²) in [6, 6.07) is 3.74. The van der Waals surface area contributed by atoms with Crippen LogP contribution in [0, 0.1) is 0 Å². The first-order chi connectivity index (χ1) is 11.4. The average Bonchev–Trinajstić information content (AvgIpc) is 3.34. The first kappa shape index (κ1) is 16.3. The maximum absolute atomic E-state index is 12.9. The normalized spacial score (nSPS) is 18.2. The number of fused-ring (bicyclic) bond motifs is 2. The zero-order chi connectivity index (χ0) is 17.5. The van der Waals surface area contributed by atoms with Crippen LogP contribution < -0.4 is 0 Å². The molecule has 1 N–H and O–H groups in total. The fraction of sp³-hybridized carbons (Fsp3) is 0.471. The second-order valence-electron chi connectivity index (χ2n) is 6.09. The number of carbonyl (C=O) groups is 3. The van der Waals surface area contributed by atoms with Crippen molar-refractivity contribution >= 4 is 17.8 Å². The Bertz CT molecular complexity index is 709. The molecule has 0 bridgehead atoms. The molecule has 2 aliphatic rings. The lowest BCUT2D eigenvalue weighted by Crippen LogP contribution is -2.47. The predicted octanol–water partition coefficient (Wildman–Crippen LogP) is 1.33. The number of carbonyl (C=O) groups excluding carboxylic acids is 3. The van der Waals surface area contributed by atoms with Gasteiger partial charge in [0.2, 0.25) is 0 Å². The lowest BCUT2D eigenvalue weighted by atomic mass is 10.0. The molecule has 0 saturated heterocycles. The van der Waals surface area contributed by atoms with E-state index >= 15 is 0 Å². The van der Waals surface area contributed by atoms with Gasteiger partial charge in [-0.05, 0) is 43.0 Å². The summed E-state index contributed by atoms with van der Waals surface area (Å²) in [5.74, 6) is -1.20. The first-order valence-corrected chi connectivity index (χ1v) is 7.76. The highest BCUT2D eigenvalue weighted by atomic mass is 16.5. The Balaban J connectivity index is 1.95. The van der Waals surface area contributed by atoms with Gasteiger partial charge in [0.05, 0.1) is 19.8 Å². The fourth-order valence-electron chi connectivity index (χ4n) is 3.47. The number of methoxy groups -OCH3 is 2. The number of hydrogen-bond acceptors (Lipinski definition) is 6. The van der Waals surface area contributed by atoms with Crippen molar-refractivity contribution in [1.82, 2.24) is 4.90 Å². The summed E-state index contributed by atoms with van der Waals surface area (Å²) in [6.45, 7) is 0. The van der Waals surface area contributed by atoms with Gasteiger partial charge in [0.25, 0.3) is 5.91 Å². The second-order valence-corrected chi connectivity index (χ2v) is 6.09. The van der Waals surface area contributed by atoms with Crippen molar-refractivity contribution in [3.63, 3.8) is 0 Å². The maximum Gasteiger partial charge on any atom is 0.328 e. The van der Waals surface area contributed by atoms with Gasteiger partial charge in [0, 0.05) is 12.0 Å². The number of hydrogen-bond donors (Lipinski definition) is 1. The molecular weight excluding hydrogens is 314 g/mol. The van der Waals surface area contributed by atoms with Crippen LogP contribution >= 0.6 is 0 Å². The van der Waals surface area contributed by atoms with Crippen LogP contribution in [0.4, 0.5) is 0 Å². The number of aromatic hydroxyl groups is 1. The molecule has 0 aromatic heterocycles. The topological polar surface area (TPSA) is 93.1 Å². The summed E-state index contributed by atoms with van der Waals surface area (Å²) in [5, 5.41) is 9.75. The van der Waals surface area contributed by atoms with Crippen LogP contribution in [0.3, 0.4) is 0 Å². The molecule has 1 fully saturated rings. The van der Waals surface area contributed by atoms with E-state index in [1.165, 1.54) is 25.2 Å². The van der Waals surface area contributed by atoms with E-state index in [9.17, 15) is 19.5 Å². The monoisotopic (exact) mass is 333 g/mol. The summed E-state index contributed by atoms with van der Waals surface area (Å²) >= 11 is 0. The Morgan fingerprint density at radius 3 is 2.58 bits per heavy atom. The largest absolute Gasteiger partial charge is 0.508 e. The molecule has 1 aliphatic heterocycles. The number of benzene rings is 1. The molecule has 1 saturated carbocycles. The molecule has 1 aromatic rings. The van der Waals surface area contributed by atoms with Gasteiger partial charge in [-0.1, -0.05) is 0 Å². The van der Waals surface area contributed by atoms with Crippen LogP contribution in [0.5, 0.6) is 5.75 Å². The molecule has 7 nitrogen and oxygen atoms in total. The molecule has 1 spiro atoms. The quantitative estimate of drug-likeness (QED) is 0.817. The highest BCUT2D eigenvalue weighted by Gasteiger charge is 2.61. The van der Waals surface area contributed by atoms with Crippen molar-refractivity contribution in [2.75, 3.05) is 14.2 Å². The van der Waals surface area contributed by atoms with Crippen molar-refractivity contribution in [3.05, 3.63) is 29.3 Å². The average molecular weight is 333 g/mol. The number of esters is 2. The number of amides is 1. The molecule has 1 amide bonds. The van der Waals surface area contributed by atoms with E-state index in [1.54, 1.807) is 12.1 Å². The minimum atomic E-state index is -0.862. The lowest BCUT2D eigenvalue weighted by Gasteiger charge is -2.32. The summed E-state index contributed by atoms with van der Waals surface area (Å²) < 4.78 is 9.47. The molecule has 1 atom stereocenters. The number of ether oxygens (including phenoxy) is 2. The van der Waals surface area contributed by atoms with Crippen LogP contribution in [0.15, 0.2) is 18.2 Å². The number of phenols is 1. The third-order valence-corrected chi connectivity index (χ3v) is 4.77. The van der Waals surface area contributed by atoms with E-state index in [-0.39, 0.29) is 24.5 Å². The molecule has 0 radical (unpaired) electrons. The Labute approximate surface area is 139 Å². The van der Waals surface area contributed by atoms with Crippen molar-refractivity contribution in [3.8, 4) is 5.75 Å². The van der Waals surface area contributed by atoms with Crippen LogP contribution in [-0.2, 0) is 24.6 Å². The molecule has 1 aliphatic carbocycles. The Morgan fingerprint density at radius 1 is 1.29 bits per heavy atom. The van der Waals surface area contributed by atoms with Crippen molar-refractivity contribution in [1.29, 1.82) is 0 Å². The number of nitrogens with zero attached hydrogens (tertiary/aromatic N) is 1. The minimum absolute atomic E-state index is 0.0116. The van der Waals surface area contributed by atoms with Crippen LogP contribution in [0.25, 0.3) is 0 Å². The van der Waals surface area contributed by atoms with Gasteiger partial charge in [0.1, 0.15) is 11.8 Å². The molecule has 1 heterocycles. The fourth-order valence-corrected chi connectivity index (χ4v) is 3.47. The third kappa shape index (κ3) is 2.40. The van der Waals surface area contributed by atoms with Crippen LogP contribution in [0.1, 0.15) is 41.6 Å². The van der Waals surface area contributed by atoms with E-state index in [1.807, 2.05) is 0 Å². The summed E-state index contributed by atoms with van der Waals surface area (Å²) in [5.41, 5.74) is 0.636. The van der Waals surface area contributed by atoms with Crippen LogP contribution in [-0.4, -0.2) is 48.1 Å².